The fourth-order valence-electron chi connectivity index (χ4n) is 1.58. The van der Waals surface area contributed by atoms with Crippen molar-refractivity contribution in [3.63, 3.8) is 0 Å². The Morgan fingerprint density at radius 1 is 1.35 bits per heavy atom. The summed E-state index contributed by atoms with van der Waals surface area (Å²) in [5.74, 6) is -1.66. The molecule has 0 radical (unpaired) electrons. The summed E-state index contributed by atoms with van der Waals surface area (Å²) >= 11 is 0.685. The highest BCUT2D eigenvalue weighted by atomic mass is 32.2. The smallest absolute Gasteiger partial charge is 0.416 e. The summed E-state index contributed by atoms with van der Waals surface area (Å²) in [5.41, 5.74) is -1.74. The average molecular weight is 304 g/mol. The van der Waals surface area contributed by atoms with Crippen molar-refractivity contribution in [3.05, 3.63) is 41.5 Å². The summed E-state index contributed by atoms with van der Waals surface area (Å²) in [6.07, 6.45) is -4.62. The van der Waals surface area contributed by atoms with Crippen LogP contribution in [0.4, 0.5) is 13.2 Å². The molecule has 1 aromatic rings. The van der Waals surface area contributed by atoms with Gasteiger partial charge in [0.2, 0.25) is 0 Å². The number of hydrogen-bond acceptors (Lipinski definition) is 3. The van der Waals surface area contributed by atoms with Crippen LogP contribution in [0.1, 0.15) is 23.6 Å². The molecule has 1 N–H and O–H groups in total. The lowest BCUT2D eigenvalue weighted by atomic mass is 9.97. The van der Waals surface area contributed by atoms with Crippen LogP contribution >= 0.6 is 11.8 Å². The van der Waals surface area contributed by atoms with Crippen molar-refractivity contribution in [2.75, 3.05) is 0 Å². The van der Waals surface area contributed by atoms with Crippen LogP contribution in [0, 0.1) is 0 Å². The van der Waals surface area contributed by atoms with Crippen LogP contribution in [-0.2, 0) is 21.5 Å². The fraction of sp³-hybridized carbons (Fsp3) is 0.231. The first-order valence-electron chi connectivity index (χ1n) is 5.39. The SMILES string of the molecule is C=C(C(=O)O)c1cccc(C(F)(F)F)c1CSC(C)=O. The third kappa shape index (κ3) is 3.86. The number of carboxylic acids is 1. The van der Waals surface area contributed by atoms with Gasteiger partial charge in [0.1, 0.15) is 0 Å². The molecular formula is C13H11F3O3S. The minimum absolute atomic E-state index is 0.110. The van der Waals surface area contributed by atoms with Gasteiger partial charge in [-0.1, -0.05) is 30.5 Å². The fourth-order valence-corrected chi connectivity index (χ4v) is 2.24. The number of halogens is 3. The lowest BCUT2D eigenvalue weighted by Gasteiger charge is -2.16. The number of benzene rings is 1. The van der Waals surface area contributed by atoms with E-state index in [4.69, 9.17) is 5.11 Å². The number of thioether (sulfide) groups is 1. The number of carbonyl (C=O) groups is 2. The molecule has 0 fully saturated rings. The third-order valence-electron chi connectivity index (χ3n) is 2.48. The highest BCUT2D eigenvalue weighted by Gasteiger charge is 2.34. The number of alkyl halides is 3. The van der Waals surface area contributed by atoms with Crippen LogP contribution in [0.3, 0.4) is 0 Å². The van der Waals surface area contributed by atoms with Gasteiger partial charge in [0.15, 0.2) is 5.12 Å². The van der Waals surface area contributed by atoms with E-state index < -0.39 is 23.3 Å². The molecule has 7 heteroatoms. The van der Waals surface area contributed by atoms with E-state index in [1.54, 1.807) is 0 Å². The normalized spacial score (nSPS) is 11.2. The van der Waals surface area contributed by atoms with Crippen LogP contribution in [0.25, 0.3) is 5.57 Å². The third-order valence-corrected chi connectivity index (χ3v) is 3.32. The highest BCUT2D eigenvalue weighted by Crippen LogP contribution is 2.36. The van der Waals surface area contributed by atoms with E-state index in [-0.39, 0.29) is 22.0 Å². The Balaban J connectivity index is 3.40. The van der Waals surface area contributed by atoms with Gasteiger partial charge in [0.05, 0.1) is 11.1 Å². The predicted molar refractivity (Wildman–Crippen MR) is 70.1 cm³/mol. The molecule has 20 heavy (non-hydrogen) atoms. The molecular weight excluding hydrogens is 293 g/mol. The molecule has 0 bridgehead atoms. The second kappa shape index (κ2) is 6.13. The number of aliphatic carboxylic acids is 1. The summed E-state index contributed by atoms with van der Waals surface area (Å²) in [7, 11) is 0. The molecule has 1 rings (SSSR count). The molecule has 1 aromatic carbocycles. The van der Waals surface area contributed by atoms with E-state index in [2.05, 4.69) is 6.58 Å². The van der Waals surface area contributed by atoms with E-state index in [0.717, 1.165) is 12.1 Å². The zero-order chi connectivity index (χ0) is 15.5. The maximum Gasteiger partial charge on any atom is 0.416 e. The Bertz CT molecular complexity index is 564. The van der Waals surface area contributed by atoms with Gasteiger partial charge in [0, 0.05) is 12.7 Å². The monoisotopic (exact) mass is 304 g/mol. The van der Waals surface area contributed by atoms with Gasteiger partial charge in [0.25, 0.3) is 0 Å². The first-order chi connectivity index (χ1) is 9.14. The van der Waals surface area contributed by atoms with Crippen LogP contribution in [0.5, 0.6) is 0 Å². The quantitative estimate of drug-likeness (QED) is 0.864. The predicted octanol–water partition coefficient (Wildman–Crippen LogP) is 3.58. The Morgan fingerprint density at radius 2 is 1.95 bits per heavy atom. The van der Waals surface area contributed by atoms with Crippen molar-refractivity contribution in [2.24, 2.45) is 0 Å². The summed E-state index contributed by atoms with van der Waals surface area (Å²) in [6, 6.07) is 3.23. The van der Waals surface area contributed by atoms with Crippen molar-refractivity contribution < 1.29 is 27.9 Å². The number of carboxylic acid groups (broad SMARTS) is 1. The summed E-state index contributed by atoms with van der Waals surface area (Å²) in [6.45, 7) is 4.50. The van der Waals surface area contributed by atoms with Crippen molar-refractivity contribution in [1.82, 2.24) is 0 Å². The maximum absolute atomic E-state index is 12.9. The number of carbonyl (C=O) groups excluding carboxylic acids is 1. The van der Waals surface area contributed by atoms with Crippen LogP contribution in [-0.4, -0.2) is 16.2 Å². The van der Waals surface area contributed by atoms with Gasteiger partial charge in [-0.2, -0.15) is 13.2 Å². The van der Waals surface area contributed by atoms with Gasteiger partial charge >= 0.3 is 12.1 Å². The van der Waals surface area contributed by atoms with E-state index in [1.807, 2.05) is 0 Å². The Hall–Kier alpha value is -1.76. The minimum Gasteiger partial charge on any atom is -0.478 e. The van der Waals surface area contributed by atoms with Crippen LogP contribution in [0.2, 0.25) is 0 Å². The Morgan fingerprint density at radius 3 is 2.40 bits per heavy atom. The van der Waals surface area contributed by atoms with Crippen LogP contribution in [0.15, 0.2) is 24.8 Å². The van der Waals surface area contributed by atoms with E-state index >= 15 is 0 Å². The maximum atomic E-state index is 12.9. The Kier molecular flexibility index (Phi) is 4.99. The molecule has 3 nitrogen and oxygen atoms in total. The van der Waals surface area contributed by atoms with Gasteiger partial charge in [-0.25, -0.2) is 4.79 Å². The minimum atomic E-state index is -4.62. The van der Waals surface area contributed by atoms with Gasteiger partial charge in [-0.3, -0.25) is 4.79 Å². The van der Waals surface area contributed by atoms with E-state index in [9.17, 15) is 22.8 Å². The van der Waals surface area contributed by atoms with Crippen molar-refractivity contribution in [3.8, 4) is 0 Å². The van der Waals surface area contributed by atoms with Crippen molar-refractivity contribution in [1.29, 1.82) is 0 Å². The molecule has 0 unspecified atom stereocenters. The standard InChI is InChI=1S/C13H11F3O3S/c1-7(12(18)19)9-4-3-5-11(13(14,15)16)10(9)6-20-8(2)17/h3-5H,1,6H2,2H3,(H,18,19). The average Bonchev–Trinajstić information content (AvgIpc) is 2.33. The lowest BCUT2D eigenvalue weighted by molar-refractivity contribution is -0.138. The zero-order valence-corrected chi connectivity index (χ0v) is 11.3. The molecule has 0 saturated carbocycles. The van der Waals surface area contributed by atoms with Crippen molar-refractivity contribution >= 4 is 28.4 Å². The summed E-state index contributed by atoms with van der Waals surface area (Å²) in [5, 5.41) is 8.52. The molecule has 108 valence electrons. The molecule has 0 heterocycles. The Labute approximate surface area is 117 Å². The molecule has 0 aliphatic carbocycles. The molecule has 0 aliphatic rings. The number of rotatable bonds is 4. The molecule has 0 saturated heterocycles. The molecule has 0 aromatic heterocycles. The summed E-state index contributed by atoms with van der Waals surface area (Å²) < 4.78 is 38.8. The highest BCUT2D eigenvalue weighted by molar-refractivity contribution is 8.12. The molecule has 0 amide bonds. The first kappa shape index (κ1) is 16.3. The first-order valence-corrected chi connectivity index (χ1v) is 6.38. The molecule has 0 aliphatic heterocycles. The van der Waals surface area contributed by atoms with Gasteiger partial charge < -0.3 is 5.11 Å². The topological polar surface area (TPSA) is 54.4 Å². The van der Waals surface area contributed by atoms with E-state index in [1.165, 1.54) is 13.0 Å². The largest absolute Gasteiger partial charge is 0.478 e. The lowest BCUT2D eigenvalue weighted by Crippen LogP contribution is -2.12. The zero-order valence-electron chi connectivity index (χ0n) is 10.5. The van der Waals surface area contributed by atoms with Crippen LogP contribution < -0.4 is 0 Å². The van der Waals surface area contributed by atoms with Gasteiger partial charge in [-0.15, -0.1) is 0 Å². The van der Waals surface area contributed by atoms with Crippen molar-refractivity contribution in [2.45, 2.75) is 18.9 Å². The molecule has 0 spiro atoms. The van der Waals surface area contributed by atoms with E-state index in [0.29, 0.717) is 11.8 Å². The number of hydrogen-bond donors (Lipinski definition) is 1. The second-order valence-corrected chi connectivity index (χ2v) is 5.05. The summed E-state index contributed by atoms with van der Waals surface area (Å²) in [4.78, 5) is 21.8. The molecule has 0 atom stereocenters. The second-order valence-electron chi connectivity index (χ2n) is 3.89. The van der Waals surface area contributed by atoms with Gasteiger partial charge in [-0.05, 0) is 17.2 Å².